The van der Waals surface area contributed by atoms with Crippen molar-refractivity contribution < 1.29 is 23.9 Å². The molecule has 2 amide bonds. The monoisotopic (exact) mass is 398 g/mol. The molecule has 0 radical (unpaired) electrons. The van der Waals surface area contributed by atoms with Crippen LogP contribution in [-0.4, -0.2) is 40.9 Å². The predicted octanol–water partition coefficient (Wildman–Crippen LogP) is 3.96. The largest absolute Gasteiger partial charge is 0.478 e. The fourth-order valence-corrected chi connectivity index (χ4v) is 3.35. The summed E-state index contributed by atoms with van der Waals surface area (Å²) in [5.41, 5.74) is 1.20. The van der Waals surface area contributed by atoms with Crippen molar-refractivity contribution in [1.82, 2.24) is 4.90 Å². The van der Waals surface area contributed by atoms with E-state index in [0.717, 1.165) is 38.1 Å². The van der Waals surface area contributed by atoms with Crippen LogP contribution < -0.4 is 5.32 Å². The van der Waals surface area contributed by atoms with Crippen LogP contribution >= 0.6 is 0 Å². The number of amides is 2. The molecular formula is C22H23FN2O4. The molecule has 2 aromatic carbocycles. The molecule has 3 rings (SSSR count). The lowest BCUT2D eigenvalue weighted by atomic mass is 9.98. The molecule has 6 nitrogen and oxygen atoms in total. The normalized spacial score (nSPS) is 14.5. The average Bonchev–Trinajstić information content (AvgIpc) is 2.69. The van der Waals surface area contributed by atoms with Crippen molar-refractivity contribution in [3.8, 4) is 0 Å². The van der Waals surface area contributed by atoms with Gasteiger partial charge in [0.25, 0.3) is 11.8 Å². The Bertz CT molecular complexity index is 965. The van der Waals surface area contributed by atoms with E-state index in [9.17, 15) is 18.8 Å². The maximum atomic E-state index is 14.1. The zero-order valence-corrected chi connectivity index (χ0v) is 16.4. The summed E-state index contributed by atoms with van der Waals surface area (Å²) >= 11 is 0. The molecule has 0 unspecified atom stereocenters. The predicted molar refractivity (Wildman–Crippen MR) is 107 cm³/mol. The van der Waals surface area contributed by atoms with Gasteiger partial charge < -0.3 is 15.3 Å². The number of likely N-dealkylation sites (tertiary alicyclic amines) is 1. The quantitative estimate of drug-likeness (QED) is 0.816. The highest BCUT2D eigenvalue weighted by molar-refractivity contribution is 6.05. The Morgan fingerprint density at radius 2 is 1.72 bits per heavy atom. The molecule has 2 N–H and O–H groups in total. The number of aryl methyl sites for hydroxylation is 1. The number of nitrogens with zero attached hydrogens (tertiary/aromatic N) is 1. The van der Waals surface area contributed by atoms with Gasteiger partial charge >= 0.3 is 5.97 Å². The number of rotatable bonds is 4. The van der Waals surface area contributed by atoms with Crippen molar-refractivity contribution in [2.24, 2.45) is 5.92 Å². The molecule has 1 aliphatic heterocycles. The van der Waals surface area contributed by atoms with E-state index < -0.39 is 17.7 Å². The van der Waals surface area contributed by atoms with Crippen LogP contribution in [0.25, 0.3) is 0 Å². The smallest absolute Gasteiger partial charge is 0.335 e. The van der Waals surface area contributed by atoms with Crippen molar-refractivity contribution in [2.45, 2.75) is 26.7 Å². The summed E-state index contributed by atoms with van der Waals surface area (Å²) in [4.78, 5) is 37.8. The van der Waals surface area contributed by atoms with Crippen LogP contribution in [-0.2, 0) is 0 Å². The SMILES string of the molecule is Cc1cc(C(=O)N2CCC(C)CC2)ccc1NC(=O)c1ccc(C(=O)O)cc1F. The number of anilines is 1. The van der Waals surface area contributed by atoms with Crippen LogP contribution in [0.4, 0.5) is 10.1 Å². The molecule has 7 heteroatoms. The third-order valence-corrected chi connectivity index (χ3v) is 5.25. The van der Waals surface area contributed by atoms with Crippen LogP contribution in [0.5, 0.6) is 0 Å². The van der Waals surface area contributed by atoms with Gasteiger partial charge in [0.05, 0.1) is 11.1 Å². The number of aromatic carboxylic acids is 1. The number of piperidine rings is 1. The number of carbonyl (C=O) groups excluding carboxylic acids is 2. The highest BCUT2D eigenvalue weighted by Crippen LogP contribution is 2.22. The second-order valence-electron chi connectivity index (χ2n) is 7.46. The molecule has 0 saturated carbocycles. The summed E-state index contributed by atoms with van der Waals surface area (Å²) in [6.07, 6.45) is 1.98. The Kier molecular flexibility index (Phi) is 5.96. The van der Waals surface area contributed by atoms with E-state index in [-0.39, 0.29) is 17.0 Å². The van der Waals surface area contributed by atoms with Crippen molar-refractivity contribution in [2.75, 3.05) is 18.4 Å². The third-order valence-electron chi connectivity index (χ3n) is 5.25. The molecule has 0 spiro atoms. The molecule has 152 valence electrons. The van der Waals surface area contributed by atoms with E-state index in [1.165, 1.54) is 6.07 Å². The van der Waals surface area contributed by atoms with Gasteiger partial charge in [-0.25, -0.2) is 9.18 Å². The van der Waals surface area contributed by atoms with Crippen LogP contribution in [0.3, 0.4) is 0 Å². The minimum Gasteiger partial charge on any atom is -0.478 e. The molecule has 0 atom stereocenters. The second kappa shape index (κ2) is 8.43. The Balaban J connectivity index is 1.73. The zero-order chi connectivity index (χ0) is 21.1. The first-order chi connectivity index (χ1) is 13.8. The topological polar surface area (TPSA) is 86.7 Å². The van der Waals surface area contributed by atoms with Crippen molar-refractivity contribution in [1.29, 1.82) is 0 Å². The van der Waals surface area contributed by atoms with E-state index in [1.54, 1.807) is 25.1 Å². The second-order valence-corrected chi connectivity index (χ2v) is 7.46. The molecule has 0 bridgehead atoms. The van der Waals surface area contributed by atoms with E-state index in [0.29, 0.717) is 22.7 Å². The van der Waals surface area contributed by atoms with Crippen LogP contribution in [0.1, 0.15) is 56.4 Å². The molecule has 29 heavy (non-hydrogen) atoms. The van der Waals surface area contributed by atoms with Crippen molar-refractivity contribution in [3.05, 3.63) is 64.5 Å². The van der Waals surface area contributed by atoms with Gasteiger partial charge in [0, 0.05) is 24.3 Å². The van der Waals surface area contributed by atoms with Gasteiger partial charge in [-0.05, 0) is 67.6 Å². The lowest BCUT2D eigenvalue weighted by Gasteiger charge is -2.30. The molecule has 0 aromatic heterocycles. The maximum Gasteiger partial charge on any atom is 0.335 e. The first-order valence-corrected chi connectivity index (χ1v) is 9.50. The third kappa shape index (κ3) is 4.62. The number of hydrogen-bond acceptors (Lipinski definition) is 3. The summed E-state index contributed by atoms with van der Waals surface area (Å²) in [6.45, 7) is 5.42. The minimum atomic E-state index is -1.27. The number of carbonyl (C=O) groups is 3. The Morgan fingerprint density at radius 1 is 1.07 bits per heavy atom. The van der Waals surface area contributed by atoms with Gasteiger partial charge in [-0.1, -0.05) is 6.92 Å². The Morgan fingerprint density at radius 3 is 2.31 bits per heavy atom. The van der Waals surface area contributed by atoms with Gasteiger partial charge in [-0.15, -0.1) is 0 Å². The van der Waals surface area contributed by atoms with Crippen LogP contribution in [0.15, 0.2) is 36.4 Å². The number of carboxylic acid groups (broad SMARTS) is 1. The molecule has 1 saturated heterocycles. The van der Waals surface area contributed by atoms with Gasteiger partial charge in [0.2, 0.25) is 0 Å². The highest BCUT2D eigenvalue weighted by Gasteiger charge is 2.22. The van der Waals surface area contributed by atoms with Gasteiger partial charge in [-0.2, -0.15) is 0 Å². The first-order valence-electron chi connectivity index (χ1n) is 9.50. The summed E-state index contributed by atoms with van der Waals surface area (Å²) < 4.78 is 14.1. The fourth-order valence-electron chi connectivity index (χ4n) is 3.35. The number of halogens is 1. The van der Waals surface area contributed by atoms with Crippen molar-refractivity contribution >= 4 is 23.5 Å². The van der Waals surface area contributed by atoms with Gasteiger partial charge in [0.1, 0.15) is 5.82 Å². The van der Waals surface area contributed by atoms with Crippen LogP contribution in [0.2, 0.25) is 0 Å². The molecule has 1 aliphatic rings. The lowest BCUT2D eigenvalue weighted by molar-refractivity contribution is 0.0687. The standard InChI is InChI=1S/C22H23FN2O4/c1-13-7-9-25(10-8-13)21(27)15-4-6-19(14(2)11-15)24-20(26)17-5-3-16(22(28)29)12-18(17)23/h3-6,11-13H,7-10H2,1-2H3,(H,24,26)(H,28,29). The average molecular weight is 398 g/mol. The van der Waals surface area contributed by atoms with E-state index in [4.69, 9.17) is 5.11 Å². The van der Waals surface area contributed by atoms with Crippen molar-refractivity contribution in [3.63, 3.8) is 0 Å². The fraction of sp³-hybridized carbons (Fsp3) is 0.318. The number of nitrogens with one attached hydrogen (secondary N) is 1. The summed E-state index contributed by atoms with van der Waals surface area (Å²) in [6, 6.07) is 8.10. The van der Waals surface area contributed by atoms with Gasteiger partial charge in [0.15, 0.2) is 0 Å². The lowest BCUT2D eigenvalue weighted by Crippen LogP contribution is -2.37. The summed E-state index contributed by atoms with van der Waals surface area (Å²) in [7, 11) is 0. The van der Waals surface area contributed by atoms with Gasteiger partial charge in [-0.3, -0.25) is 9.59 Å². The molecule has 1 heterocycles. The molecular weight excluding hydrogens is 375 g/mol. The number of benzene rings is 2. The molecule has 0 aliphatic carbocycles. The Hall–Kier alpha value is -3.22. The minimum absolute atomic E-state index is 0.0341. The molecule has 1 fully saturated rings. The number of carboxylic acids is 1. The highest BCUT2D eigenvalue weighted by atomic mass is 19.1. The maximum absolute atomic E-state index is 14.1. The molecule has 2 aromatic rings. The summed E-state index contributed by atoms with van der Waals surface area (Å²) in [5, 5.41) is 11.5. The number of hydrogen-bond donors (Lipinski definition) is 2. The first kappa shape index (κ1) is 20.5. The van der Waals surface area contributed by atoms with E-state index >= 15 is 0 Å². The van der Waals surface area contributed by atoms with E-state index in [2.05, 4.69) is 12.2 Å². The zero-order valence-electron chi connectivity index (χ0n) is 16.4. The van der Waals surface area contributed by atoms with E-state index in [1.807, 2.05) is 4.90 Å². The summed E-state index contributed by atoms with van der Waals surface area (Å²) in [5.74, 6) is -2.27. The Labute approximate surface area is 168 Å². The van der Waals surface area contributed by atoms with Crippen LogP contribution in [0, 0.1) is 18.7 Å².